The fourth-order valence-corrected chi connectivity index (χ4v) is 1.83. The minimum atomic E-state index is -0.00399. The number of carbonyl (C=O) groups is 1. The van der Waals surface area contributed by atoms with Gasteiger partial charge >= 0.3 is 0 Å². The molecule has 3 heteroatoms. The second-order valence-electron chi connectivity index (χ2n) is 5.22. The third-order valence-electron chi connectivity index (χ3n) is 3.01. The molecule has 0 radical (unpaired) electrons. The Kier molecular flexibility index (Phi) is 7.42. The Bertz CT molecular complexity index is 289. The highest BCUT2D eigenvalue weighted by atomic mass is 16.5. The zero-order chi connectivity index (χ0) is 13.2. The molecule has 0 bridgehead atoms. The van der Waals surface area contributed by atoms with Crippen LogP contribution in [0.4, 0.5) is 0 Å². The van der Waals surface area contributed by atoms with E-state index in [1.54, 1.807) is 6.08 Å². The van der Waals surface area contributed by atoms with E-state index in [1.807, 2.05) is 12.2 Å². The van der Waals surface area contributed by atoms with Crippen molar-refractivity contribution in [2.75, 3.05) is 19.8 Å². The van der Waals surface area contributed by atoms with Gasteiger partial charge in [0.15, 0.2) is 0 Å². The van der Waals surface area contributed by atoms with E-state index in [9.17, 15) is 4.79 Å². The van der Waals surface area contributed by atoms with Gasteiger partial charge in [-0.1, -0.05) is 32.1 Å². The van der Waals surface area contributed by atoms with E-state index in [0.717, 1.165) is 39.0 Å². The van der Waals surface area contributed by atoms with Crippen LogP contribution >= 0.6 is 0 Å². The lowest BCUT2D eigenvalue weighted by Gasteiger charge is -2.21. The summed E-state index contributed by atoms with van der Waals surface area (Å²) in [6.45, 7) is 6.77. The van der Waals surface area contributed by atoms with Crippen LogP contribution in [-0.2, 0) is 9.53 Å². The lowest BCUT2D eigenvalue weighted by atomic mass is 10.0. The van der Waals surface area contributed by atoms with E-state index in [0.29, 0.717) is 11.8 Å². The van der Waals surface area contributed by atoms with Gasteiger partial charge in [-0.2, -0.15) is 0 Å². The molecule has 1 aliphatic heterocycles. The number of hydrogen-bond acceptors (Lipinski definition) is 2. The van der Waals surface area contributed by atoms with Gasteiger partial charge < -0.3 is 10.1 Å². The normalized spacial score (nSPS) is 17.9. The molecule has 0 unspecified atom stereocenters. The molecule has 0 saturated carbocycles. The van der Waals surface area contributed by atoms with Crippen LogP contribution in [0.1, 0.15) is 33.1 Å². The summed E-state index contributed by atoms with van der Waals surface area (Å²) in [6.07, 6.45) is 10.6. The summed E-state index contributed by atoms with van der Waals surface area (Å²) >= 11 is 0. The van der Waals surface area contributed by atoms with Gasteiger partial charge in [0.25, 0.3) is 0 Å². The van der Waals surface area contributed by atoms with Gasteiger partial charge in [0.1, 0.15) is 0 Å². The van der Waals surface area contributed by atoms with Crippen molar-refractivity contribution in [2.24, 2.45) is 11.8 Å². The highest BCUT2D eigenvalue weighted by Gasteiger charge is 2.13. The van der Waals surface area contributed by atoms with E-state index in [1.165, 1.54) is 0 Å². The van der Waals surface area contributed by atoms with Crippen molar-refractivity contribution in [1.29, 1.82) is 0 Å². The molecule has 1 amide bonds. The number of carbonyl (C=O) groups excluding carboxylic acids is 1. The predicted molar refractivity (Wildman–Crippen MR) is 74.3 cm³/mol. The number of ether oxygens (including phenoxy) is 1. The lowest BCUT2D eigenvalue weighted by Crippen LogP contribution is -2.31. The van der Waals surface area contributed by atoms with Gasteiger partial charge in [0.05, 0.1) is 0 Å². The van der Waals surface area contributed by atoms with Crippen LogP contribution in [0.5, 0.6) is 0 Å². The monoisotopic (exact) mass is 251 g/mol. The molecule has 0 aromatic rings. The van der Waals surface area contributed by atoms with Crippen LogP contribution in [0.25, 0.3) is 0 Å². The first-order chi connectivity index (χ1) is 8.68. The lowest BCUT2D eigenvalue weighted by molar-refractivity contribution is -0.116. The van der Waals surface area contributed by atoms with Crippen molar-refractivity contribution in [3.8, 4) is 0 Å². The Balaban J connectivity index is 2.12. The Morgan fingerprint density at radius 2 is 2.06 bits per heavy atom. The number of amides is 1. The molecular weight excluding hydrogens is 226 g/mol. The van der Waals surface area contributed by atoms with E-state index in [2.05, 4.69) is 25.2 Å². The number of rotatable bonds is 6. The Labute approximate surface area is 110 Å². The highest BCUT2D eigenvalue weighted by molar-refractivity contribution is 5.87. The summed E-state index contributed by atoms with van der Waals surface area (Å²) in [7, 11) is 0. The molecule has 1 saturated heterocycles. The van der Waals surface area contributed by atoms with Crippen molar-refractivity contribution >= 4 is 5.91 Å². The molecule has 1 N–H and O–H groups in total. The van der Waals surface area contributed by atoms with Crippen LogP contribution in [0.2, 0.25) is 0 Å². The fourth-order valence-electron chi connectivity index (χ4n) is 1.83. The van der Waals surface area contributed by atoms with Crippen molar-refractivity contribution in [3.05, 3.63) is 24.3 Å². The highest BCUT2D eigenvalue weighted by Crippen LogP contribution is 2.12. The van der Waals surface area contributed by atoms with E-state index in [-0.39, 0.29) is 5.91 Å². The average molecular weight is 251 g/mol. The van der Waals surface area contributed by atoms with Crippen LogP contribution in [0.3, 0.4) is 0 Å². The van der Waals surface area contributed by atoms with Gasteiger partial charge in [0.2, 0.25) is 5.91 Å². The average Bonchev–Trinajstić information content (AvgIpc) is 2.37. The largest absolute Gasteiger partial charge is 0.381 e. The molecule has 1 heterocycles. The second kappa shape index (κ2) is 8.92. The molecule has 1 rings (SSSR count). The minimum Gasteiger partial charge on any atom is -0.381 e. The molecule has 0 spiro atoms. The fraction of sp³-hybridized carbons (Fsp3) is 0.667. The number of nitrogens with one attached hydrogen (secondary N) is 1. The second-order valence-corrected chi connectivity index (χ2v) is 5.22. The first-order valence-corrected chi connectivity index (χ1v) is 6.87. The van der Waals surface area contributed by atoms with Crippen LogP contribution in [0.15, 0.2) is 24.3 Å². The van der Waals surface area contributed by atoms with E-state index in [4.69, 9.17) is 4.74 Å². The van der Waals surface area contributed by atoms with Crippen molar-refractivity contribution in [2.45, 2.75) is 33.1 Å². The van der Waals surface area contributed by atoms with Gasteiger partial charge in [0, 0.05) is 25.8 Å². The van der Waals surface area contributed by atoms with Crippen molar-refractivity contribution in [3.63, 3.8) is 0 Å². The molecule has 3 nitrogen and oxygen atoms in total. The van der Waals surface area contributed by atoms with E-state index >= 15 is 0 Å². The maximum absolute atomic E-state index is 11.5. The Morgan fingerprint density at radius 3 is 2.72 bits per heavy atom. The van der Waals surface area contributed by atoms with Gasteiger partial charge in [-0.15, -0.1) is 0 Å². The molecule has 18 heavy (non-hydrogen) atoms. The molecular formula is C15H25NO2. The predicted octanol–water partition coefficient (Wildman–Crippen LogP) is 2.69. The maximum atomic E-state index is 11.5. The number of allylic oxidation sites excluding steroid dienone is 3. The molecule has 0 atom stereocenters. The first kappa shape index (κ1) is 15.0. The van der Waals surface area contributed by atoms with Gasteiger partial charge in [-0.05, 0) is 31.1 Å². The van der Waals surface area contributed by atoms with Crippen molar-refractivity contribution in [1.82, 2.24) is 5.32 Å². The van der Waals surface area contributed by atoms with Crippen molar-refractivity contribution < 1.29 is 9.53 Å². The SMILES string of the molecule is CC(C)C/C=C/C=C/C(=O)NCC1CCOCC1. The Morgan fingerprint density at radius 1 is 1.33 bits per heavy atom. The third kappa shape index (κ3) is 7.28. The summed E-state index contributed by atoms with van der Waals surface area (Å²) in [5.74, 6) is 1.24. The zero-order valence-electron chi connectivity index (χ0n) is 11.5. The first-order valence-electron chi connectivity index (χ1n) is 6.87. The number of hydrogen-bond donors (Lipinski definition) is 1. The topological polar surface area (TPSA) is 38.3 Å². The summed E-state index contributed by atoms with van der Waals surface area (Å²) in [5, 5.41) is 2.94. The molecule has 0 aliphatic carbocycles. The molecule has 102 valence electrons. The third-order valence-corrected chi connectivity index (χ3v) is 3.01. The Hall–Kier alpha value is -1.09. The van der Waals surface area contributed by atoms with Gasteiger partial charge in [-0.25, -0.2) is 0 Å². The van der Waals surface area contributed by atoms with E-state index < -0.39 is 0 Å². The summed E-state index contributed by atoms with van der Waals surface area (Å²) in [6, 6.07) is 0. The molecule has 0 aromatic carbocycles. The minimum absolute atomic E-state index is 0.00399. The van der Waals surface area contributed by atoms with Crippen LogP contribution < -0.4 is 5.32 Å². The molecule has 1 fully saturated rings. The van der Waals surface area contributed by atoms with Gasteiger partial charge in [-0.3, -0.25) is 4.79 Å². The molecule has 0 aromatic heterocycles. The standard InChI is InChI=1S/C15H25NO2/c1-13(2)6-4-3-5-7-15(17)16-12-14-8-10-18-11-9-14/h3-5,7,13-14H,6,8-12H2,1-2H3,(H,16,17)/b4-3+,7-5+. The maximum Gasteiger partial charge on any atom is 0.243 e. The molecule has 1 aliphatic rings. The summed E-state index contributed by atoms with van der Waals surface area (Å²) in [5.41, 5.74) is 0. The summed E-state index contributed by atoms with van der Waals surface area (Å²) in [4.78, 5) is 11.5. The zero-order valence-corrected chi connectivity index (χ0v) is 11.5. The van der Waals surface area contributed by atoms with Crippen LogP contribution in [-0.4, -0.2) is 25.7 Å². The smallest absolute Gasteiger partial charge is 0.243 e. The van der Waals surface area contributed by atoms with Crippen LogP contribution in [0, 0.1) is 11.8 Å². The quantitative estimate of drug-likeness (QED) is 0.582. The summed E-state index contributed by atoms with van der Waals surface area (Å²) < 4.78 is 5.28.